The molecule has 1 amide bonds. The van der Waals surface area contributed by atoms with Gasteiger partial charge in [-0.3, -0.25) is 4.79 Å². The Morgan fingerprint density at radius 3 is 2.45 bits per heavy atom. The molecule has 0 aliphatic heterocycles. The van der Waals surface area contributed by atoms with Crippen LogP contribution in [0.4, 0.5) is 0 Å². The van der Waals surface area contributed by atoms with Crippen LogP contribution in [0.25, 0.3) is 5.69 Å². The third-order valence-corrected chi connectivity index (χ3v) is 3.61. The van der Waals surface area contributed by atoms with Crippen molar-refractivity contribution in [2.24, 2.45) is 5.73 Å². The number of carbonyl (C=O) groups is 1. The van der Waals surface area contributed by atoms with Gasteiger partial charge in [-0.05, 0) is 31.9 Å². The first-order chi connectivity index (χ1) is 10.4. The van der Waals surface area contributed by atoms with E-state index in [9.17, 15) is 4.79 Å². The van der Waals surface area contributed by atoms with Crippen LogP contribution in [0, 0.1) is 6.92 Å². The summed E-state index contributed by atoms with van der Waals surface area (Å²) >= 11 is 0. The van der Waals surface area contributed by atoms with E-state index in [2.05, 4.69) is 24.3 Å². The summed E-state index contributed by atoms with van der Waals surface area (Å²) in [6, 6.07) is 8.04. The van der Waals surface area contributed by atoms with Crippen LogP contribution in [-0.4, -0.2) is 28.3 Å². The Morgan fingerprint density at radius 1 is 1.27 bits per heavy atom. The highest BCUT2D eigenvalue weighted by atomic mass is 16.1. The molecule has 22 heavy (non-hydrogen) atoms. The average Bonchev–Trinajstić information content (AvgIpc) is 2.93. The molecule has 5 heteroatoms. The zero-order chi connectivity index (χ0) is 16.3. The van der Waals surface area contributed by atoms with Crippen LogP contribution in [0.15, 0.2) is 30.5 Å². The highest BCUT2D eigenvalue weighted by Gasteiger charge is 2.21. The number of aryl methyl sites for hydroxylation is 1. The summed E-state index contributed by atoms with van der Waals surface area (Å²) in [5.74, 6) is 0.0535. The maximum absolute atomic E-state index is 12.4. The summed E-state index contributed by atoms with van der Waals surface area (Å²) in [5, 5.41) is 7.31. The van der Waals surface area contributed by atoms with Crippen molar-refractivity contribution in [1.29, 1.82) is 0 Å². The van der Waals surface area contributed by atoms with Crippen molar-refractivity contribution in [3.8, 4) is 5.69 Å². The molecule has 0 radical (unpaired) electrons. The Bertz CT molecular complexity index is 643. The third-order valence-electron chi connectivity index (χ3n) is 3.61. The second-order valence-corrected chi connectivity index (χ2v) is 5.96. The zero-order valence-corrected chi connectivity index (χ0v) is 13.6. The molecule has 2 aromatic rings. The highest BCUT2D eigenvalue weighted by Crippen LogP contribution is 2.23. The number of carbonyl (C=O) groups excluding carboxylic acids is 1. The molecule has 1 atom stereocenters. The molecule has 0 bridgehead atoms. The van der Waals surface area contributed by atoms with Crippen LogP contribution >= 0.6 is 0 Å². The van der Waals surface area contributed by atoms with Crippen molar-refractivity contribution in [2.45, 2.75) is 39.7 Å². The van der Waals surface area contributed by atoms with Gasteiger partial charge >= 0.3 is 0 Å². The van der Waals surface area contributed by atoms with Crippen molar-refractivity contribution in [3.63, 3.8) is 0 Å². The zero-order valence-electron chi connectivity index (χ0n) is 13.6. The van der Waals surface area contributed by atoms with Gasteiger partial charge in [0.2, 0.25) is 0 Å². The van der Waals surface area contributed by atoms with Gasteiger partial charge < -0.3 is 11.1 Å². The van der Waals surface area contributed by atoms with Gasteiger partial charge in [-0.25, -0.2) is 4.68 Å². The molecule has 0 aliphatic rings. The van der Waals surface area contributed by atoms with Crippen LogP contribution in [-0.2, 0) is 0 Å². The molecule has 0 unspecified atom stereocenters. The van der Waals surface area contributed by atoms with E-state index < -0.39 is 0 Å². The second-order valence-electron chi connectivity index (χ2n) is 5.96. The largest absolute Gasteiger partial charge is 0.348 e. The smallest absolute Gasteiger partial charge is 0.255 e. The fourth-order valence-electron chi connectivity index (χ4n) is 2.34. The first-order valence-corrected chi connectivity index (χ1v) is 7.60. The molecular formula is C17H24N4O. The molecule has 0 saturated heterocycles. The molecule has 1 aromatic heterocycles. The Hall–Kier alpha value is -2.14. The fourth-order valence-corrected chi connectivity index (χ4v) is 2.34. The van der Waals surface area contributed by atoms with Gasteiger partial charge in [-0.2, -0.15) is 5.10 Å². The van der Waals surface area contributed by atoms with E-state index in [0.717, 1.165) is 11.4 Å². The molecule has 0 fully saturated rings. The Kier molecular flexibility index (Phi) is 4.98. The van der Waals surface area contributed by atoms with Gasteiger partial charge in [0, 0.05) is 12.6 Å². The van der Waals surface area contributed by atoms with Crippen LogP contribution in [0.5, 0.6) is 0 Å². The number of hydrogen-bond donors (Lipinski definition) is 2. The van der Waals surface area contributed by atoms with E-state index in [-0.39, 0.29) is 17.9 Å². The number of nitrogens with one attached hydrogen (secondary N) is 1. The first-order valence-electron chi connectivity index (χ1n) is 7.60. The fraction of sp³-hybridized carbons (Fsp3) is 0.412. The summed E-state index contributed by atoms with van der Waals surface area (Å²) < 4.78 is 1.84. The molecule has 1 aromatic carbocycles. The summed E-state index contributed by atoms with van der Waals surface area (Å²) in [4.78, 5) is 12.4. The summed E-state index contributed by atoms with van der Waals surface area (Å²) in [6.07, 6.45) is 1.63. The quantitative estimate of drug-likeness (QED) is 0.890. The lowest BCUT2D eigenvalue weighted by Crippen LogP contribution is -2.38. The van der Waals surface area contributed by atoms with Gasteiger partial charge in [-0.1, -0.05) is 31.5 Å². The van der Waals surface area contributed by atoms with Gasteiger partial charge in [-0.15, -0.1) is 0 Å². The monoisotopic (exact) mass is 300 g/mol. The molecule has 1 heterocycles. The number of aromatic nitrogens is 2. The lowest BCUT2D eigenvalue weighted by atomic mass is 10.0. The minimum atomic E-state index is -0.125. The number of hydrogen-bond acceptors (Lipinski definition) is 3. The maximum Gasteiger partial charge on any atom is 0.255 e. The van der Waals surface area contributed by atoms with E-state index in [1.54, 1.807) is 6.20 Å². The molecule has 5 nitrogen and oxygen atoms in total. The van der Waals surface area contributed by atoms with Crippen LogP contribution < -0.4 is 11.1 Å². The molecule has 0 spiro atoms. The molecule has 0 aliphatic carbocycles. The number of benzene rings is 1. The Morgan fingerprint density at radius 2 is 1.91 bits per heavy atom. The predicted molar refractivity (Wildman–Crippen MR) is 88.4 cm³/mol. The van der Waals surface area contributed by atoms with Gasteiger partial charge in [0.1, 0.15) is 0 Å². The molecular weight excluding hydrogens is 276 g/mol. The minimum Gasteiger partial charge on any atom is -0.348 e. The molecule has 0 saturated carbocycles. The van der Waals surface area contributed by atoms with Crippen molar-refractivity contribution >= 4 is 5.91 Å². The van der Waals surface area contributed by atoms with Crippen molar-refractivity contribution in [3.05, 3.63) is 47.3 Å². The lowest BCUT2D eigenvalue weighted by Gasteiger charge is -2.15. The number of rotatable bonds is 5. The highest BCUT2D eigenvalue weighted by molar-refractivity contribution is 5.95. The number of nitrogens with two attached hydrogens (primary N) is 1. The van der Waals surface area contributed by atoms with Gasteiger partial charge in [0.05, 0.1) is 23.1 Å². The number of amides is 1. The van der Waals surface area contributed by atoms with Gasteiger partial charge in [0.25, 0.3) is 5.91 Å². The first kappa shape index (κ1) is 16.2. The van der Waals surface area contributed by atoms with E-state index in [0.29, 0.717) is 12.1 Å². The van der Waals surface area contributed by atoms with E-state index >= 15 is 0 Å². The van der Waals surface area contributed by atoms with E-state index in [1.807, 2.05) is 42.8 Å². The standard InChI is InChI=1S/C17H24N4O/c1-11(2)16-15(17(22)20-13(4)9-18)10-19-21(16)14-7-5-12(3)6-8-14/h5-8,10-11,13H,9,18H2,1-4H3,(H,20,22)/t13-/m0/s1. The average molecular weight is 300 g/mol. The van der Waals surface area contributed by atoms with Crippen molar-refractivity contribution < 1.29 is 4.79 Å². The Balaban J connectivity index is 2.41. The van der Waals surface area contributed by atoms with Gasteiger partial charge in [0.15, 0.2) is 0 Å². The van der Waals surface area contributed by atoms with Crippen LogP contribution in [0.2, 0.25) is 0 Å². The normalized spacial score (nSPS) is 12.5. The maximum atomic E-state index is 12.4. The lowest BCUT2D eigenvalue weighted by molar-refractivity contribution is 0.0940. The summed E-state index contributed by atoms with van der Waals surface area (Å²) in [7, 11) is 0. The molecule has 3 N–H and O–H groups in total. The molecule has 2 rings (SSSR count). The van der Waals surface area contributed by atoms with E-state index in [4.69, 9.17) is 5.73 Å². The minimum absolute atomic E-state index is 0.0600. The Labute approximate surface area is 131 Å². The van der Waals surface area contributed by atoms with Crippen molar-refractivity contribution in [1.82, 2.24) is 15.1 Å². The van der Waals surface area contributed by atoms with Crippen LogP contribution in [0.3, 0.4) is 0 Å². The van der Waals surface area contributed by atoms with Crippen molar-refractivity contribution in [2.75, 3.05) is 6.54 Å². The predicted octanol–water partition coefficient (Wildman–Crippen LogP) is 2.38. The topological polar surface area (TPSA) is 72.9 Å². The summed E-state index contributed by atoms with van der Waals surface area (Å²) in [6.45, 7) is 8.46. The van der Waals surface area contributed by atoms with E-state index in [1.165, 1.54) is 5.56 Å². The number of nitrogens with zero attached hydrogens (tertiary/aromatic N) is 2. The third kappa shape index (κ3) is 3.36. The second kappa shape index (κ2) is 6.75. The van der Waals surface area contributed by atoms with Crippen LogP contribution in [0.1, 0.15) is 48.3 Å². The molecule has 118 valence electrons. The summed E-state index contributed by atoms with van der Waals surface area (Å²) in [5.41, 5.74) is 9.24. The SMILES string of the molecule is Cc1ccc(-n2ncc(C(=O)N[C@@H](C)CN)c2C(C)C)cc1.